The van der Waals surface area contributed by atoms with Gasteiger partial charge in [-0.3, -0.25) is 9.88 Å². The van der Waals surface area contributed by atoms with Crippen molar-refractivity contribution in [3.05, 3.63) is 59.4 Å². The van der Waals surface area contributed by atoms with E-state index in [4.69, 9.17) is 5.73 Å². The van der Waals surface area contributed by atoms with Gasteiger partial charge in [-0.05, 0) is 57.5 Å². The molecule has 2 N–H and O–H groups in total. The molecule has 2 heterocycles. The number of pyridine rings is 1. The lowest BCUT2D eigenvalue weighted by atomic mass is 10.1. The number of aromatic nitrogens is 1. The molecule has 1 aromatic heterocycles. The van der Waals surface area contributed by atoms with Crippen molar-refractivity contribution in [2.24, 2.45) is 5.73 Å². The second kappa shape index (κ2) is 8.45. The van der Waals surface area contributed by atoms with E-state index in [0.717, 1.165) is 37.6 Å². The molecule has 4 heteroatoms. The zero-order chi connectivity index (χ0) is 17.6. The van der Waals surface area contributed by atoms with E-state index in [9.17, 15) is 0 Å². The minimum atomic E-state index is 0.0674. The number of likely N-dealkylation sites (tertiary alicyclic amines) is 1. The van der Waals surface area contributed by atoms with Gasteiger partial charge in [0, 0.05) is 30.2 Å². The number of nitrogens with zero attached hydrogens (tertiary/aromatic N) is 3. The van der Waals surface area contributed by atoms with E-state index in [1.165, 1.54) is 30.5 Å². The summed E-state index contributed by atoms with van der Waals surface area (Å²) in [6.45, 7) is 8.05. The van der Waals surface area contributed by atoms with Crippen LogP contribution in [0.2, 0.25) is 0 Å². The number of hydrogen-bond acceptors (Lipinski definition) is 4. The van der Waals surface area contributed by atoms with Crippen LogP contribution in [-0.2, 0) is 6.54 Å². The lowest BCUT2D eigenvalue weighted by molar-refractivity contribution is 0.168. The van der Waals surface area contributed by atoms with E-state index in [0.29, 0.717) is 0 Å². The van der Waals surface area contributed by atoms with Gasteiger partial charge in [0.2, 0.25) is 0 Å². The van der Waals surface area contributed by atoms with Crippen LogP contribution in [0.25, 0.3) is 0 Å². The molecule has 1 unspecified atom stereocenters. The van der Waals surface area contributed by atoms with Crippen molar-refractivity contribution in [2.75, 3.05) is 24.5 Å². The fourth-order valence-corrected chi connectivity index (χ4v) is 3.65. The van der Waals surface area contributed by atoms with E-state index in [-0.39, 0.29) is 6.17 Å². The van der Waals surface area contributed by atoms with E-state index < -0.39 is 0 Å². The van der Waals surface area contributed by atoms with Gasteiger partial charge >= 0.3 is 0 Å². The smallest absolute Gasteiger partial charge is 0.0752 e. The maximum atomic E-state index is 6.59. The van der Waals surface area contributed by atoms with Crippen molar-refractivity contribution in [1.29, 1.82) is 0 Å². The largest absolute Gasteiger partial charge is 0.364 e. The van der Waals surface area contributed by atoms with Crippen LogP contribution in [0.1, 0.15) is 36.2 Å². The minimum absolute atomic E-state index is 0.0674. The fourth-order valence-electron chi connectivity index (χ4n) is 3.65. The number of aryl methyl sites for hydroxylation is 2. The molecular formula is C21H30N4. The first-order chi connectivity index (χ1) is 12.1. The summed E-state index contributed by atoms with van der Waals surface area (Å²) in [5, 5.41) is 0. The van der Waals surface area contributed by atoms with Gasteiger partial charge in [0.1, 0.15) is 0 Å². The van der Waals surface area contributed by atoms with Crippen LogP contribution in [0.3, 0.4) is 0 Å². The quantitative estimate of drug-likeness (QED) is 0.876. The van der Waals surface area contributed by atoms with Crippen molar-refractivity contribution in [3.63, 3.8) is 0 Å². The van der Waals surface area contributed by atoms with E-state index in [1.807, 2.05) is 0 Å². The van der Waals surface area contributed by atoms with Crippen molar-refractivity contribution in [2.45, 2.75) is 45.8 Å². The average Bonchev–Trinajstić information content (AvgIpc) is 2.62. The standard InChI is InChI=1S/C21H30N4/c1-17-13-20(14-18(2)23-17)25(15-19-9-5-3-6-10-19)16-21(22)24-11-7-4-8-12-24/h3,5-6,9-10,13-14,21H,4,7-8,11-12,15-16,22H2,1-2H3. The van der Waals surface area contributed by atoms with Crippen LogP contribution in [0, 0.1) is 13.8 Å². The average molecular weight is 338 g/mol. The second-order valence-corrected chi connectivity index (χ2v) is 7.14. The Morgan fingerprint density at radius 2 is 1.68 bits per heavy atom. The van der Waals surface area contributed by atoms with Gasteiger partial charge in [-0.1, -0.05) is 36.8 Å². The summed E-state index contributed by atoms with van der Waals surface area (Å²) in [6.07, 6.45) is 3.93. The van der Waals surface area contributed by atoms with E-state index >= 15 is 0 Å². The van der Waals surface area contributed by atoms with E-state index in [2.05, 4.69) is 71.1 Å². The Bertz CT molecular complexity index is 645. The van der Waals surface area contributed by atoms with Gasteiger partial charge < -0.3 is 10.6 Å². The van der Waals surface area contributed by atoms with Gasteiger partial charge in [0.15, 0.2) is 0 Å². The van der Waals surface area contributed by atoms with Crippen molar-refractivity contribution in [1.82, 2.24) is 9.88 Å². The van der Waals surface area contributed by atoms with Crippen LogP contribution in [0.15, 0.2) is 42.5 Å². The molecular weight excluding hydrogens is 308 g/mol. The molecule has 134 valence electrons. The molecule has 1 fully saturated rings. The summed E-state index contributed by atoms with van der Waals surface area (Å²) in [4.78, 5) is 9.36. The maximum Gasteiger partial charge on any atom is 0.0752 e. The summed E-state index contributed by atoms with van der Waals surface area (Å²) < 4.78 is 0. The zero-order valence-corrected chi connectivity index (χ0v) is 15.5. The Morgan fingerprint density at radius 1 is 1.04 bits per heavy atom. The van der Waals surface area contributed by atoms with Crippen molar-refractivity contribution >= 4 is 5.69 Å². The fraction of sp³-hybridized carbons (Fsp3) is 0.476. The monoisotopic (exact) mass is 338 g/mol. The summed E-state index contributed by atoms with van der Waals surface area (Å²) in [7, 11) is 0. The lowest BCUT2D eigenvalue weighted by Gasteiger charge is -2.36. The van der Waals surface area contributed by atoms with Gasteiger partial charge in [-0.25, -0.2) is 0 Å². The number of hydrogen-bond donors (Lipinski definition) is 1. The number of nitrogens with two attached hydrogens (primary N) is 1. The third-order valence-electron chi connectivity index (χ3n) is 4.91. The van der Waals surface area contributed by atoms with Crippen LogP contribution in [0.4, 0.5) is 5.69 Å². The molecule has 0 bridgehead atoms. The Morgan fingerprint density at radius 3 is 2.32 bits per heavy atom. The van der Waals surface area contributed by atoms with Crippen LogP contribution in [-0.4, -0.2) is 35.7 Å². The SMILES string of the molecule is Cc1cc(N(Cc2ccccc2)CC(N)N2CCCCC2)cc(C)n1. The van der Waals surface area contributed by atoms with Crippen molar-refractivity contribution in [3.8, 4) is 0 Å². The first-order valence-corrected chi connectivity index (χ1v) is 9.35. The molecule has 0 radical (unpaired) electrons. The third-order valence-corrected chi connectivity index (χ3v) is 4.91. The summed E-state index contributed by atoms with van der Waals surface area (Å²) in [5.74, 6) is 0. The summed E-state index contributed by atoms with van der Waals surface area (Å²) in [5.41, 5.74) is 11.2. The molecule has 25 heavy (non-hydrogen) atoms. The Labute approximate surface area is 151 Å². The Hall–Kier alpha value is -1.91. The second-order valence-electron chi connectivity index (χ2n) is 7.14. The number of rotatable bonds is 6. The predicted molar refractivity (Wildman–Crippen MR) is 105 cm³/mol. The van der Waals surface area contributed by atoms with Gasteiger partial charge in [-0.2, -0.15) is 0 Å². The Kier molecular flexibility index (Phi) is 6.05. The van der Waals surface area contributed by atoms with E-state index in [1.54, 1.807) is 0 Å². The molecule has 0 spiro atoms. The van der Waals surface area contributed by atoms with Crippen LogP contribution in [0.5, 0.6) is 0 Å². The molecule has 1 aliphatic heterocycles. The summed E-state index contributed by atoms with van der Waals surface area (Å²) >= 11 is 0. The highest BCUT2D eigenvalue weighted by Gasteiger charge is 2.20. The number of piperidine rings is 1. The molecule has 2 aromatic rings. The highest BCUT2D eigenvalue weighted by Crippen LogP contribution is 2.21. The van der Waals surface area contributed by atoms with Crippen molar-refractivity contribution < 1.29 is 0 Å². The minimum Gasteiger partial charge on any atom is -0.364 e. The number of benzene rings is 1. The predicted octanol–water partition coefficient (Wildman–Crippen LogP) is 3.48. The molecule has 1 aromatic carbocycles. The molecule has 1 atom stereocenters. The van der Waals surface area contributed by atoms with Crippen LogP contribution >= 0.6 is 0 Å². The van der Waals surface area contributed by atoms with Gasteiger partial charge in [-0.15, -0.1) is 0 Å². The third kappa shape index (κ3) is 5.03. The number of anilines is 1. The van der Waals surface area contributed by atoms with Gasteiger partial charge in [0.25, 0.3) is 0 Å². The molecule has 4 nitrogen and oxygen atoms in total. The normalized spacial score (nSPS) is 16.6. The highest BCUT2D eigenvalue weighted by atomic mass is 15.3. The lowest BCUT2D eigenvalue weighted by Crippen LogP contribution is -2.51. The molecule has 1 aliphatic rings. The molecule has 3 rings (SSSR count). The molecule has 0 aliphatic carbocycles. The van der Waals surface area contributed by atoms with Crippen LogP contribution < -0.4 is 10.6 Å². The first kappa shape index (κ1) is 17.9. The molecule has 0 amide bonds. The first-order valence-electron chi connectivity index (χ1n) is 9.35. The topological polar surface area (TPSA) is 45.4 Å². The molecule has 0 saturated carbocycles. The zero-order valence-electron chi connectivity index (χ0n) is 15.5. The maximum absolute atomic E-state index is 6.59. The Balaban J connectivity index is 1.80. The van der Waals surface area contributed by atoms with Gasteiger partial charge in [0.05, 0.1) is 6.17 Å². The summed E-state index contributed by atoms with van der Waals surface area (Å²) in [6, 6.07) is 15.0. The highest BCUT2D eigenvalue weighted by molar-refractivity contribution is 5.49. The molecule has 1 saturated heterocycles.